The van der Waals surface area contributed by atoms with Gasteiger partial charge in [-0.2, -0.15) is 0 Å². The lowest BCUT2D eigenvalue weighted by molar-refractivity contribution is 0.203. The molecule has 0 amide bonds. The van der Waals surface area contributed by atoms with Gasteiger partial charge in [-0.25, -0.2) is 0 Å². The predicted octanol–water partition coefficient (Wildman–Crippen LogP) is 3.52. The number of nitrogens with zero attached hydrogens (tertiary/aromatic N) is 1. The largest absolute Gasteiger partial charge is 0.387 e. The van der Waals surface area contributed by atoms with Gasteiger partial charge >= 0.3 is 0 Å². The first-order chi connectivity index (χ1) is 8.66. The first-order valence-electron chi connectivity index (χ1n) is 5.95. The highest BCUT2D eigenvalue weighted by Crippen LogP contribution is 2.25. The quantitative estimate of drug-likeness (QED) is 0.853. The third-order valence-corrected chi connectivity index (χ3v) is 3.96. The maximum Gasteiger partial charge on any atom is 0.0901 e. The molecule has 1 unspecified atom stereocenters. The first-order valence-corrected chi connectivity index (χ1v) is 6.93. The Balaban J connectivity index is 1.98. The summed E-state index contributed by atoms with van der Waals surface area (Å²) in [5.74, 6) is 0.648. The van der Waals surface area contributed by atoms with Gasteiger partial charge in [-0.3, -0.25) is 4.98 Å². The number of aliphatic hydroxyl groups is 1. The lowest BCUT2D eigenvalue weighted by atomic mass is 10.1. The second kappa shape index (κ2) is 6.03. The molecule has 2 rings (SSSR count). The molecule has 0 aliphatic heterocycles. The zero-order valence-corrected chi connectivity index (χ0v) is 11.4. The molecule has 0 aliphatic carbocycles. The van der Waals surface area contributed by atoms with E-state index in [1.54, 1.807) is 24.2 Å². The summed E-state index contributed by atoms with van der Waals surface area (Å²) < 4.78 is 0. The van der Waals surface area contributed by atoms with Crippen LogP contribution in [0.4, 0.5) is 0 Å². The van der Waals surface area contributed by atoms with E-state index in [9.17, 15) is 5.11 Å². The number of pyridine rings is 1. The van der Waals surface area contributed by atoms with Gasteiger partial charge in [0.1, 0.15) is 0 Å². The Labute approximate surface area is 112 Å². The van der Waals surface area contributed by atoms with Crippen molar-refractivity contribution in [2.75, 3.05) is 5.75 Å². The topological polar surface area (TPSA) is 33.1 Å². The molecule has 0 fully saturated rings. The Morgan fingerprint density at radius 2 is 1.89 bits per heavy atom. The summed E-state index contributed by atoms with van der Waals surface area (Å²) in [6.07, 6.45) is 3.03. The van der Waals surface area contributed by atoms with Crippen molar-refractivity contribution in [1.82, 2.24) is 4.98 Å². The third kappa shape index (κ3) is 3.34. The van der Waals surface area contributed by atoms with Crippen LogP contribution < -0.4 is 0 Å². The molecule has 0 saturated carbocycles. The fourth-order valence-electron chi connectivity index (χ4n) is 1.72. The fourth-order valence-corrected chi connectivity index (χ4v) is 2.58. The molecule has 0 aliphatic rings. The van der Waals surface area contributed by atoms with Gasteiger partial charge in [0.15, 0.2) is 0 Å². The summed E-state index contributed by atoms with van der Waals surface area (Å²) in [5, 5.41) is 10.2. The van der Waals surface area contributed by atoms with Gasteiger partial charge in [0.05, 0.1) is 6.10 Å². The van der Waals surface area contributed by atoms with E-state index in [-0.39, 0.29) is 0 Å². The normalized spacial score (nSPS) is 12.4. The smallest absolute Gasteiger partial charge is 0.0901 e. The number of aromatic nitrogens is 1. The van der Waals surface area contributed by atoms with Crippen LogP contribution in [0.3, 0.4) is 0 Å². The second-order valence-electron chi connectivity index (χ2n) is 4.37. The molecule has 1 N–H and O–H groups in total. The third-order valence-electron chi connectivity index (χ3n) is 2.87. The van der Waals surface area contributed by atoms with E-state index in [1.165, 1.54) is 10.5 Å². The van der Waals surface area contributed by atoms with E-state index in [0.717, 1.165) is 11.1 Å². The maximum absolute atomic E-state index is 10.2. The van der Waals surface area contributed by atoms with Crippen molar-refractivity contribution < 1.29 is 5.11 Å². The minimum atomic E-state index is -0.468. The number of rotatable bonds is 4. The van der Waals surface area contributed by atoms with Crippen molar-refractivity contribution in [3.63, 3.8) is 0 Å². The van der Waals surface area contributed by atoms with Crippen molar-refractivity contribution in [2.45, 2.75) is 24.8 Å². The van der Waals surface area contributed by atoms with Gasteiger partial charge in [0.25, 0.3) is 0 Å². The van der Waals surface area contributed by atoms with Crippen LogP contribution in [0.5, 0.6) is 0 Å². The van der Waals surface area contributed by atoms with E-state index in [4.69, 9.17) is 0 Å². The number of hydrogen-bond acceptors (Lipinski definition) is 3. The monoisotopic (exact) mass is 259 g/mol. The number of aryl methyl sites for hydroxylation is 2. The maximum atomic E-state index is 10.2. The van der Waals surface area contributed by atoms with Gasteiger partial charge < -0.3 is 5.11 Å². The van der Waals surface area contributed by atoms with E-state index in [0.29, 0.717) is 5.75 Å². The van der Waals surface area contributed by atoms with Crippen LogP contribution in [0.15, 0.2) is 47.6 Å². The zero-order chi connectivity index (χ0) is 13.0. The van der Waals surface area contributed by atoms with Gasteiger partial charge in [0.2, 0.25) is 0 Å². The van der Waals surface area contributed by atoms with Gasteiger partial charge in [-0.05, 0) is 37.6 Å². The molecule has 0 bridgehead atoms. The van der Waals surface area contributed by atoms with Crippen LogP contribution in [0.2, 0.25) is 0 Å². The summed E-state index contributed by atoms with van der Waals surface area (Å²) in [6, 6.07) is 10.3. The Morgan fingerprint density at radius 3 is 2.56 bits per heavy atom. The highest BCUT2D eigenvalue weighted by Gasteiger charge is 2.10. The molecule has 2 aromatic rings. The molecule has 0 radical (unpaired) electrons. The second-order valence-corrected chi connectivity index (χ2v) is 5.47. The van der Waals surface area contributed by atoms with Crippen molar-refractivity contribution >= 4 is 11.8 Å². The molecule has 1 aromatic carbocycles. The Hall–Kier alpha value is -1.32. The Morgan fingerprint density at radius 1 is 1.17 bits per heavy atom. The van der Waals surface area contributed by atoms with Crippen molar-refractivity contribution in [3.05, 3.63) is 59.4 Å². The average molecular weight is 259 g/mol. The zero-order valence-electron chi connectivity index (χ0n) is 10.6. The lowest BCUT2D eigenvalue weighted by Crippen LogP contribution is -2.03. The van der Waals surface area contributed by atoms with Crippen molar-refractivity contribution in [2.24, 2.45) is 0 Å². The van der Waals surface area contributed by atoms with Crippen molar-refractivity contribution in [1.29, 1.82) is 0 Å². The van der Waals surface area contributed by atoms with Crippen molar-refractivity contribution in [3.8, 4) is 0 Å². The van der Waals surface area contributed by atoms with Crippen LogP contribution in [0.25, 0.3) is 0 Å². The molecule has 1 atom stereocenters. The highest BCUT2D eigenvalue weighted by molar-refractivity contribution is 7.99. The first kappa shape index (κ1) is 13.1. The van der Waals surface area contributed by atoms with E-state index in [2.05, 4.69) is 36.2 Å². The van der Waals surface area contributed by atoms with Gasteiger partial charge in [-0.15, -0.1) is 11.8 Å². The summed E-state index contributed by atoms with van der Waals surface area (Å²) >= 11 is 1.66. The van der Waals surface area contributed by atoms with Gasteiger partial charge in [-0.1, -0.05) is 17.7 Å². The number of thioether (sulfide) groups is 1. The van der Waals surface area contributed by atoms with Crippen LogP contribution >= 0.6 is 11.8 Å². The Bertz CT molecular complexity index is 510. The van der Waals surface area contributed by atoms with Crippen LogP contribution in [0, 0.1) is 13.8 Å². The standard InChI is InChI=1S/C15H17NOS/c1-11-3-5-13(6-4-11)18-10-15(17)14-9-16-8-7-12(14)2/h3-9,15,17H,10H2,1-2H3. The fraction of sp³-hybridized carbons (Fsp3) is 0.267. The molecule has 3 heteroatoms. The summed E-state index contributed by atoms with van der Waals surface area (Å²) in [7, 11) is 0. The SMILES string of the molecule is Cc1ccc(SCC(O)c2cnccc2C)cc1. The van der Waals surface area contributed by atoms with Crippen LogP contribution in [0.1, 0.15) is 22.8 Å². The van der Waals surface area contributed by atoms with Crippen LogP contribution in [-0.4, -0.2) is 15.8 Å². The van der Waals surface area contributed by atoms with E-state index < -0.39 is 6.10 Å². The van der Waals surface area contributed by atoms with E-state index in [1.807, 2.05) is 13.0 Å². The predicted molar refractivity (Wildman–Crippen MR) is 75.8 cm³/mol. The molecule has 0 spiro atoms. The lowest BCUT2D eigenvalue weighted by Gasteiger charge is -2.12. The Kier molecular flexibility index (Phi) is 4.39. The average Bonchev–Trinajstić information content (AvgIpc) is 2.38. The summed E-state index contributed by atoms with van der Waals surface area (Å²) in [5.41, 5.74) is 3.25. The minimum absolute atomic E-state index is 0.468. The molecule has 2 nitrogen and oxygen atoms in total. The molecule has 1 heterocycles. The molecule has 94 valence electrons. The molecule has 18 heavy (non-hydrogen) atoms. The minimum Gasteiger partial charge on any atom is -0.387 e. The number of hydrogen-bond donors (Lipinski definition) is 1. The molecular weight excluding hydrogens is 242 g/mol. The van der Waals surface area contributed by atoms with Gasteiger partial charge in [0, 0.05) is 28.6 Å². The number of aliphatic hydroxyl groups excluding tert-OH is 1. The van der Waals surface area contributed by atoms with Crippen LogP contribution in [-0.2, 0) is 0 Å². The number of benzene rings is 1. The molecular formula is C15H17NOS. The molecule has 1 aromatic heterocycles. The summed E-state index contributed by atoms with van der Waals surface area (Å²) in [6.45, 7) is 4.07. The molecule has 0 saturated heterocycles. The van der Waals surface area contributed by atoms with E-state index >= 15 is 0 Å². The summed E-state index contributed by atoms with van der Waals surface area (Å²) in [4.78, 5) is 5.25. The highest BCUT2D eigenvalue weighted by atomic mass is 32.2.